The Morgan fingerprint density at radius 3 is 0.789 bits per heavy atom. The summed E-state index contributed by atoms with van der Waals surface area (Å²) in [4.78, 5) is 72.6. The van der Waals surface area contributed by atoms with E-state index in [-0.39, 0.29) is 25.7 Å². The van der Waals surface area contributed by atoms with Gasteiger partial charge in [-0.25, -0.2) is 9.13 Å². The number of unbranched alkanes of at least 4 members (excludes halogenated alkanes) is 42. The topological polar surface area (TPSA) is 237 Å². The molecular formula is C71H138O17P2. The van der Waals surface area contributed by atoms with Crippen LogP contribution in [-0.2, 0) is 65.4 Å². The second kappa shape index (κ2) is 64.4. The number of rotatable bonds is 71. The van der Waals surface area contributed by atoms with Crippen LogP contribution in [-0.4, -0.2) is 96.7 Å². The maximum absolute atomic E-state index is 13.0. The lowest BCUT2D eigenvalue weighted by atomic mass is 9.99. The minimum atomic E-state index is -4.95. The van der Waals surface area contributed by atoms with Gasteiger partial charge in [-0.3, -0.25) is 37.3 Å². The molecule has 0 amide bonds. The Morgan fingerprint density at radius 1 is 0.311 bits per heavy atom. The zero-order chi connectivity index (χ0) is 66.3. The van der Waals surface area contributed by atoms with E-state index in [1.54, 1.807) is 0 Å². The van der Waals surface area contributed by atoms with Crippen LogP contribution < -0.4 is 0 Å². The zero-order valence-corrected chi connectivity index (χ0v) is 60.1. The van der Waals surface area contributed by atoms with Gasteiger partial charge in [0.15, 0.2) is 12.2 Å². The van der Waals surface area contributed by atoms with Crippen LogP contribution in [0.25, 0.3) is 0 Å². The van der Waals surface area contributed by atoms with E-state index in [1.165, 1.54) is 193 Å². The van der Waals surface area contributed by atoms with Crippen molar-refractivity contribution in [3.8, 4) is 0 Å². The van der Waals surface area contributed by atoms with Gasteiger partial charge in [0, 0.05) is 25.7 Å². The average Bonchev–Trinajstić information content (AvgIpc) is 3.56. The van der Waals surface area contributed by atoms with E-state index in [2.05, 4.69) is 34.6 Å². The fourth-order valence-corrected chi connectivity index (χ4v) is 12.4. The summed E-state index contributed by atoms with van der Waals surface area (Å²) in [6, 6.07) is 0. The number of carbonyl (C=O) groups is 4. The van der Waals surface area contributed by atoms with Gasteiger partial charge < -0.3 is 33.8 Å². The fraction of sp³-hybridized carbons (Fsp3) is 0.944. The molecule has 0 aliphatic carbocycles. The third kappa shape index (κ3) is 63.5. The van der Waals surface area contributed by atoms with Crippen molar-refractivity contribution in [3.63, 3.8) is 0 Å². The first kappa shape index (κ1) is 88.1. The van der Waals surface area contributed by atoms with E-state index in [0.29, 0.717) is 25.7 Å². The molecule has 3 N–H and O–H groups in total. The maximum Gasteiger partial charge on any atom is 0.472 e. The predicted molar refractivity (Wildman–Crippen MR) is 363 cm³/mol. The molecule has 90 heavy (non-hydrogen) atoms. The van der Waals surface area contributed by atoms with Crippen LogP contribution in [0, 0.1) is 5.92 Å². The summed E-state index contributed by atoms with van der Waals surface area (Å²) < 4.78 is 68.3. The molecule has 0 saturated heterocycles. The summed E-state index contributed by atoms with van der Waals surface area (Å²) in [7, 11) is -9.90. The second-order valence-corrected chi connectivity index (χ2v) is 28.8. The van der Waals surface area contributed by atoms with Gasteiger partial charge in [0.2, 0.25) is 0 Å². The summed E-state index contributed by atoms with van der Waals surface area (Å²) in [5.41, 5.74) is 0. The number of ether oxygens (including phenoxy) is 4. The molecule has 0 radical (unpaired) electrons. The number of aliphatic hydroxyl groups excluding tert-OH is 1. The number of phosphoric ester groups is 2. The minimum Gasteiger partial charge on any atom is -0.462 e. The molecule has 17 nitrogen and oxygen atoms in total. The zero-order valence-electron chi connectivity index (χ0n) is 58.3. The lowest BCUT2D eigenvalue weighted by Gasteiger charge is -2.21. The third-order valence-electron chi connectivity index (χ3n) is 16.9. The quantitative estimate of drug-likeness (QED) is 0.0222. The van der Waals surface area contributed by atoms with Gasteiger partial charge in [-0.15, -0.1) is 0 Å². The number of hydrogen-bond donors (Lipinski definition) is 3. The molecule has 3 unspecified atom stereocenters. The molecule has 0 aromatic heterocycles. The standard InChI is InChI=1S/C71H138O17P2/c1-6-10-13-16-19-22-25-27-30-35-40-45-50-55-69(74)82-61-67(88-71(76)57-52-47-42-37-32-31-33-38-43-48-53-64(5)9-4)63-86-90(79,80)84-59-65(72)58-83-89(77,78)85-62-66(60-81-68(73)54-49-44-39-34-28-24-21-18-15-12-8-3)87-70(75)56-51-46-41-36-29-26-23-20-17-14-11-7-2/h64-67,72H,6-63H2,1-5H3,(H,77,78)(H,79,80)/t64?,65-,66+,67+/m0/s1. The second-order valence-electron chi connectivity index (χ2n) is 25.9. The van der Waals surface area contributed by atoms with Gasteiger partial charge >= 0.3 is 39.5 Å². The first-order valence-electron chi connectivity index (χ1n) is 37.2. The van der Waals surface area contributed by atoms with Crippen molar-refractivity contribution in [3.05, 3.63) is 0 Å². The molecule has 0 aliphatic heterocycles. The lowest BCUT2D eigenvalue weighted by molar-refractivity contribution is -0.161. The summed E-state index contributed by atoms with van der Waals surface area (Å²) in [5.74, 6) is -1.31. The summed E-state index contributed by atoms with van der Waals surface area (Å²) in [5, 5.41) is 10.6. The van der Waals surface area contributed by atoms with E-state index in [1.807, 2.05) is 0 Å². The molecule has 0 fully saturated rings. The van der Waals surface area contributed by atoms with Crippen molar-refractivity contribution in [1.29, 1.82) is 0 Å². The monoisotopic (exact) mass is 1320 g/mol. The lowest BCUT2D eigenvalue weighted by Crippen LogP contribution is -2.30. The van der Waals surface area contributed by atoms with E-state index in [0.717, 1.165) is 95.8 Å². The van der Waals surface area contributed by atoms with Crippen molar-refractivity contribution < 1.29 is 80.2 Å². The molecule has 0 rings (SSSR count). The smallest absolute Gasteiger partial charge is 0.462 e. The van der Waals surface area contributed by atoms with Gasteiger partial charge in [0.25, 0.3) is 0 Å². The number of esters is 4. The van der Waals surface area contributed by atoms with Crippen LogP contribution in [0.15, 0.2) is 0 Å². The Labute approximate surface area is 549 Å². The van der Waals surface area contributed by atoms with E-state index in [9.17, 15) is 43.2 Å². The number of aliphatic hydroxyl groups is 1. The van der Waals surface area contributed by atoms with Crippen molar-refractivity contribution in [2.75, 3.05) is 39.6 Å². The molecule has 19 heteroatoms. The van der Waals surface area contributed by atoms with Gasteiger partial charge in [0.05, 0.1) is 26.4 Å². The van der Waals surface area contributed by atoms with Crippen LogP contribution in [0.4, 0.5) is 0 Å². The molecular weight excluding hydrogens is 1190 g/mol. The van der Waals surface area contributed by atoms with Crippen LogP contribution in [0.3, 0.4) is 0 Å². The van der Waals surface area contributed by atoms with Gasteiger partial charge in [-0.05, 0) is 31.6 Å². The van der Waals surface area contributed by atoms with E-state index in [4.69, 9.17) is 37.0 Å². The fourth-order valence-electron chi connectivity index (χ4n) is 10.8. The highest BCUT2D eigenvalue weighted by molar-refractivity contribution is 7.47. The predicted octanol–water partition coefficient (Wildman–Crippen LogP) is 20.5. The Kier molecular flexibility index (Phi) is 63.0. The first-order chi connectivity index (χ1) is 43.6. The van der Waals surface area contributed by atoms with E-state index < -0.39 is 97.5 Å². The van der Waals surface area contributed by atoms with Crippen LogP contribution >= 0.6 is 15.6 Å². The Bertz CT molecular complexity index is 1740. The van der Waals surface area contributed by atoms with Crippen LogP contribution in [0.2, 0.25) is 0 Å². The number of hydrogen-bond acceptors (Lipinski definition) is 15. The molecule has 0 aliphatic rings. The van der Waals surface area contributed by atoms with Crippen molar-refractivity contribution in [1.82, 2.24) is 0 Å². The third-order valence-corrected chi connectivity index (χ3v) is 18.8. The number of carbonyl (C=O) groups excluding carboxylic acids is 4. The molecule has 6 atom stereocenters. The molecule has 0 heterocycles. The van der Waals surface area contributed by atoms with Crippen molar-refractivity contribution in [2.24, 2.45) is 5.92 Å². The highest BCUT2D eigenvalue weighted by Crippen LogP contribution is 2.45. The van der Waals surface area contributed by atoms with Crippen molar-refractivity contribution in [2.45, 2.75) is 387 Å². The summed E-state index contributed by atoms with van der Waals surface area (Å²) in [6.07, 6.45) is 51.0. The number of phosphoric acid groups is 2. The summed E-state index contributed by atoms with van der Waals surface area (Å²) >= 11 is 0. The van der Waals surface area contributed by atoms with E-state index >= 15 is 0 Å². The molecule has 0 bridgehead atoms. The van der Waals surface area contributed by atoms with Gasteiger partial charge in [0.1, 0.15) is 19.3 Å². The first-order valence-corrected chi connectivity index (χ1v) is 40.2. The highest BCUT2D eigenvalue weighted by Gasteiger charge is 2.30. The van der Waals surface area contributed by atoms with Crippen LogP contribution in [0.1, 0.15) is 369 Å². The van der Waals surface area contributed by atoms with Crippen molar-refractivity contribution >= 4 is 39.5 Å². The molecule has 0 saturated carbocycles. The minimum absolute atomic E-state index is 0.107. The Balaban J connectivity index is 5.26. The average molecular weight is 1330 g/mol. The maximum atomic E-state index is 13.0. The van der Waals surface area contributed by atoms with Crippen LogP contribution in [0.5, 0.6) is 0 Å². The molecule has 0 aromatic carbocycles. The summed E-state index contributed by atoms with van der Waals surface area (Å²) in [6.45, 7) is 7.28. The van der Waals surface area contributed by atoms with Gasteiger partial charge in [-0.1, -0.05) is 317 Å². The highest BCUT2D eigenvalue weighted by atomic mass is 31.2. The largest absolute Gasteiger partial charge is 0.472 e. The SMILES string of the molecule is CCCCCCCCCCCCCCCC(=O)OC[C@H](COP(=O)(O)OC[C@@H](O)COP(=O)(O)OC[C@@H](COC(=O)CCCCCCCCCCCCC)OC(=O)CCCCCCCCCCCCCC)OC(=O)CCCCCCCCCCCCC(C)CC. The normalized spacial score (nSPS) is 14.4. The van der Waals surface area contributed by atoms with Gasteiger partial charge in [-0.2, -0.15) is 0 Å². The molecule has 534 valence electrons. The Morgan fingerprint density at radius 2 is 0.533 bits per heavy atom. The Hall–Kier alpha value is -1.94. The molecule has 0 spiro atoms. The molecule has 0 aromatic rings.